The minimum atomic E-state index is -1.03. The molecule has 102 valence electrons. The number of likely N-dealkylation sites (tertiary alicyclic amines) is 1. The third-order valence-corrected chi connectivity index (χ3v) is 2.92. The summed E-state index contributed by atoms with van der Waals surface area (Å²) < 4.78 is 5.23. The predicted octanol–water partition coefficient (Wildman–Crippen LogP) is -0.0205. The van der Waals surface area contributed by atoms with Crippen LogP contribution < -0.4 is 5.73 Å². The Morgan fingerprint density at radius 3 is 2.84 bits per heavy atom. The molecule has 0 spiro atoms. The van der Waals surface area contributed by atoms with Crippen LogP contribution in [0, 0.1) is 0 Å². The molecule has 0 bridgehead atoms. The van der Waals surface area contributed by atoms with E-state index in [1.807, 2.05) is 0 Å². The first kappa shape index (κ1) is 13.3. The molecule has 2 heterocycles. The molecule has 1 aromatic heterocycles. The molecular weight excluding hydrogens is 250 g/mol. The Hall–Kier alpha value is -2.15. The summed E-state index contributed by atoms with van der Waals surface area (Å²) in [6.45, 7) is 2.05. The van der Waals surface area contributed by atoms with E-state index >= 15 is 0 Å². The predicted molar refractivity (Wildman–Crippen MR) is 66.5 cm³/mol. The normalized spacial score (nSPS) is 16.8. The van der Waals surface area contributed by atoms with Gasteiger partial charge in [0.2, 0.25) is 0 Å². The topological polar surface area (TPSA) is 106 Å². The summed E-state index contributed by atoms with van der Waals surface area (Å²) in [7, 11) is 0. The van der Waals surface area contributed by atoms with Crippen LogP contribution in [0.3, 0.4) is 0 Å². The third-order valence-electron chi connectivity index (χ3n) is 2.92. The average Bonchev–Trinajstić information content (AvgIpc) is 2.33. The van der Waals surface area contributed by atoms with Gasteiger partial charge >= 0.3 is 5.97 Å². The number of carboxylic acid groups (broad SMARTS) is 1. The van der Waals surface area contributed by atoms with Gasteiger partial charge in [0.25, 0.3) is 5.91 Å². The maximum Gasteiger partial charge on any atom is 0.329 e. The number of hydrogen-bond acceptors (Lipinski definition) is 5. The molecular formula is C12H15N3O4. The third kappa shape index (κ3) is 2.82. The molecule has 7 heteroatoms. The van der Waals surface area contributed by atoms with Crippen LogP contribution in [-0.4, -0.2) is 52.2 Å². The van der Waals surface area contributed by atoms with E-state index in [2.05, 4.69) is 4.98 Å². The van der Waals surface area contributed by atoms with Crippen molar-refractivity contribution in [2.75, 3.05) is 25.4 Å². The Bertz CT molecular complexity index is 511. The maximum atomic E-state index is 12.1. The Balaban J connectivity index is 1.95. The van der Waals surface area contributed by atoms with Gasteiger partial charge in [-0.05, 0) is 19.1 Å². The van der Waals surface area contributed by atoms with Crippen LogP contribution in [0.4, 0.5) is 5.69 Å². The number of nitrogens with two attached hydrogens (primary N) is 1. The second-order valence-electron chi connectivity index (χ2n) is 4.73. The molecule has 3 N–H and O–H groups in total. The number of ether oxygens (including phenoxy) is 1. The van der Waals surface area contributed by atoms with Crippen molar-refractivity contribution in [3.63, 3.8) is 0 Å². The number of nitrogens with zero attached hydrogens (tertiary/aromatic N) is 2. The van der Waals surface area contributed by atoms with Gasteiger partial charge in [-0.1, -0.05) is 0 Å². The van der Waals surface area contributed by atoms with Crippen LogP contribution in [0.2, 0.25) is 0 Å². The van der Waals surface area contributed by atoms with Gasteiger partial charge in [-0.2, -0.15) is 0 Å². The van der Waals surface area contributed by atoms with Crippen molar-refractivity contribution in [3.05, 3.63) is 24.0 Å². The number of hydrogen-bond donors (Lipinski definition) is 2. The Morgan fingerprint density at radius 1 is 1.58 bits per heavy atom. The van der Waals surface area contributed by atoms with Gasteiger partial charge in [-0.15, -0.1) is 0 Å². The fourth-order valence-corrected chi connectivity index (χ4v) is 1.98. The van der Waals surface area contributed by atoms with Crippen LogP contribution in [0.5, 0.6) is 0 Å². The van der Waals surface area contributed by atoms with Crippen LogP contribution in [-0.2, 0) is 9.53 Å². The minimum Gasteiger partial charge on any atom is -0.480 e. The zero-order valence-electron chi connectivity index (χ0n) is 10.5. The number of rotatable bonds is 4. The van der Waals surface area contributed by atoms with E-state index < -0.39 is 11.6 Å². The van der Waals surface area contributed by atoms with Crippen LogP contribution >= 0.6 is 0 Å². The van der Waals surface area contributed by atoms with E-state index in [0.717, 1.165) is 0 Å². The van der Waals surface area contributed by atoms with Crippen molar-refractivity contribution in [1.82, 2.24) is 9.88 Å². The standard InChI is InChI=1S/C12H15N3O4/c1-12(19-5-9(16)17)6-15(7-12)11(18)10-8(13)3-2-4-14-10/h2-4H,5-7,13H2,1H3,(H,16,17). The van der Waals surface area contributed by atoms with Crippen LogP contribution in [0.25, 0.3) is 0 Å². The highest BCUT2D eigenvalue weighted by Crippen LogP contribution is 2.26. The molecule has 0 atom stereocenters. The number of pyridine rings is 1. The summed E-state index contributed by atoms with van der Waals surface area (Å²) in [6, 6.07) is 3.27. The van der Waals surface area contributed by atoms with E-state index in [1.54, 1.807) is 19.1 Å². The summed E-state index contributed by atoms with van der Waals surface area (Å²) in [5.41, 5.74) is 5.61. The quantitative estimate of drug-likeness (QED) is 0.792. The molecule has 1 aliphatic rings. The van der Waals surface area contributed by atoms with Gasteiger partial charge in [-0.3, -0.25) is 4.79 Å². The lowest BCUT2D eigenvalue weighted by Gasteiger charge is -2.47. The van der Waals surface area contributed by atoms with Gasteiger partial charge in [0, 0.05) is 6.20 Å². The summed E-state index contributed by atoms with van der Waals surface area (Å²) in [4.78, 5) is 28.0. The summed E-state index contributed by atoms with van der Waals surface area (Å²) in [5, 5.41) is 8.55. The number of anilines is 1. The molecule has 7 nitrogen and oxygen atoms in total. The van der Waals surface area contributed by atoms with Crippen LogP contribution in [0.1, 0.15) is 17.4 Å². The van der Waals surface area contributed by atoms with Crippen molar-refractivity contribution in [3.8, 4) is 0 Å². The number of aliphatic carboxylic acids is 1. The largest absolute Gasteiger partial charge is 0.480 e. The molecule has 1 aromatic rings. The Labute approximate surface area is 110 Å². The summed E-state index contributed by atoms with van der Waals surface area (Å²) >= 11 is 0. The van der Waals surface area contributed by atoms with E-state index in [1.165, 1.54) is 11.1 Å². The number of carbonyl (C=O) groups is 2. The molecule has 2 rings (SSSR count). The highest BCUT2D eigenvalue weighted by atomic mass is 16.5. The number of carboxylic acids is 1. The van der Waals surface area contributed by atoms with Crippen molar-refractivity contribution in [2.45, 2.75) is 12.5 Å². The molecule has 1 amide bonds. The lowest BCUT2D eigenvalue weighted by atomic mass is 9.95. The lowest BCUT2D eigenvalue weighted by Crippen LogP contribution is -2.63. The zero-order valence-corrected chi connectivity index (χ0v) is 10.5. The molecule has 0 aromatic carbocycles. The van der Waals surface area contributed by atoms with Crippen molar-refractivity contribution >= 4 is 17.6 Å². The fraction of sp³-hybridized carbons (Fsp3) is 0.417. The Kier molecular flexibility index (Phi) is 3.39. The average molecular weight is 265 g/mol. The first-order valence-corrected chi connectivity index (χ1v) is 5.77. The van der Waals surface area contributed by atoms with Gasteiger partial charge in [0.15, 0.2) is 5.69 Å². The first-order chi connectivity index (χ1) is 8.91. The number of amides is 1. The molecule has 19 heavy (non-hydrogen) atoms. The molecule has 0 aliphatic carbocycles. The monoisotopic (exact) mass is 265 g/mol. The highest BCUT2D eigenvalue weighted by molar-refractivity contribution is 5.97. The van der Waals surface area contributed by atoms with Gasteiger partial charge < -0.3 is 20.5 Å². The molecule has 1 saturated heterocycles. The smallest absolute Gasteiger partial charge is 0.329 e. The van der Waals surface area contributed by atoms with Gasteiger partial charge in [0.1, 0.15) is 12.2 Å². The second kappa shape index (κ2) is 4.85. The van der Waals surface area contributed by atoms with Gasteiger partial charge in [-0.25, -0.2) is 9.78 Å². The van der Waals surface area contributed by atoms with E-state index in [-0.39, 0.29) is 18.2 Å². The maximum absolute atomic E-state index is 12.1. The number of nitrogen functional groups attached to an aromatic ring is 1. The molecule has 0 radical (unpaired) electrons. The molecule has 0 unspecified atom stereocenters. The SMILES string of the molecule is CC1(OCC(=O)O)CN(C(=O)c2ncccc2N)C1. The molecule has 1 fully saturated rings. The number of aromatic nitrogens is 1. The van der Waals surface area contributed by atoms with E-state index in [0.29, 0.717) is 18.8 Å². The van der Waals surface area contributed by atoms with Crippen molar-refractivity contribution < 1.29 is 19.4 Å². The Morgan fingerprint density at radius 2 is 2.26 bits per heavy atom. The minimum absolute atomic E-state index is 0.211. The van der Waals surface area contributed by atoms with Gasteiger partial charge in [0.05, 0.1) is 18.8 Å². The lowest BCUT2D eigenvalue weighted by molar-refractivity contribution is -0.159. The van der Waals surface area contributed by atoms with E-state index in [9.17, 15) is 9.59 Å². The van der Waals surface area contributed by atoms with E-state index in [4.69, 9.17) is 15.6 Å². The number of carbonyl (C=O) groups excluding carboxylic acids is 1. The zero-order chi connectivity index (χ0) is 14.0. The van der Waals surface area contributed by atoms with Crippen molar-refractivity contribution in [2.24, 2.45) is 0 Å². The summed E-state index contributed by atoms with van der Waals surface area (Å²) in [6.07, 6.45) is 1.50. The first-order valence-electron chi connectivity index (χ1n) is 5.77. The molecule has 0 saturated carbocycles. The van der Waals surface area contributed by atoms with Crippen molar-refractivity contribution in [1.29, 1.82) is 0 Å². The molecule has 1 aliphatic heterocycles. The van der Waals surface area contributed by atoms with Crippen LogP contribution in [0.15, 0.2) is 18.3 Å². The highest BCUT2D eigenvalue weighted by Gasteiger charge is 2.43. The second-order valence-corrected chi connectivity index (χ2v) is 4.73. The summed E-state index contributed by atoms with van der Waals surface area (Å²) in [5.74, 6) is -1.30. The fourth-order valence-electron chi connectivity index (χ4n) is 1.98.